The van der Waals surface area contributed by atoms with E-state index in [1.165, 1.54) is 0 Å². The molecule has 11 heavy (non-hydrogen) atoms. The molecule has 0 aliphatic carbocycles. The first-order valence-corrected chi connectivity index (χ1v) is 3.67. The van der Waals surface area contributed by atoms with Crippen LogP contribution in [0.2, 0.25) is 0 Å². The van der Waals surface area contributed by atoms with Crippen LogP contribution in [0.5, 0.6) is 0 Å². The summed E-state index contributed by atoms with van der Waals surface area (Å²) in [6.45, 7) is 1.97. The zero-order valence-corrected chi connectivity index (χ0v) is 6.51. The fourth-order valence-electron chi connectivity index (χ4n) is 0.909. The largest absolute Gasteiger partial charge is 0.468 e. The highest BCUT2D eigenvalue weighted by Crippen LogP contribution is 2.11. The van der Waals surface area contributed by atoms with Crippen molar-refractivity contribution in [1.82, 2.24) is 5.32 Å². The van der Waals surface area contributed by atoms with Gasteiger partial charge in [0.2, 0.25) is 0 Å². The van der Waals surface area contributed by atoms with Gasteiger partial charge in [-0.1, -0.05) is 0 Å². The van der Waals surface area contributed by atoms with Crippen molar-refractivity contribution >= 4 is 0 Å². The average molecular weight is 157 g/mol. The SMILES string of the molecule is C[C@@H](NCCF)c1ccco1. The third-order valence-corrected chi connectivity index (χ3v) is 1.51. The van der Waals surface area contributed by atoms with Crippen molar-refractivity contribution in [3.05, 3.63) is 24.2 Å². The summed E-state index contributed by atoms with van der Waals surface area (Å²) < 4.78 is 16.8. The summed E-state index contributed by atoms with van der Waals surface area (Å²) in [6.07, 6.45) is 1.61. The van der Waals surface area contributed by atoms with Crippen molar-refractivity contribution in [2.75, 3.05) is 13.2 Å². The van der Waals surface area contributed by atoms with Gasteiger partial charge in [-0.25, -0.2) is 4.39 Å². The first-order chi connectivity index (χ1) is 5.34. The van der Waals surface area contributed by atoms with Crippen molar-refractivity contribution in [2.24, 2.45) is 0 Å². The number of furan rings is 1. The first-order valence-electron chi connectivity index (χ1n) is 3.67. The summed E-state index contributed by atoms with van der Waals surface area (Å²) in [5.74, 6) is 0.846. The number of hydrogen-bond donors (Lipinski definition) is 1. The molecular weight excluding hydrogens is 145 g/mol. The second-order valence-electron chi connectivity index (χ2n) is 2.38. The summed E-state index contributed by atoms with van der Waals surface area (Å²) in [7, 11) is 0. The molecule has 0 amide bonds. The molecule has 0 unspecified atom stereocenters. The van der Waals surface area contributed by atoms with Crippen LogP contribution in [0.4, 0.5) is 4.39 Å². The van der Waals surface area contributed by atoms with Crippen LogP contribution in [-0.4, -0.2) is 13.2 Å². The van der Waals surface area contributed by atoms with Crippen molar-refractivity contribution in [1.29, 1.82) is 0 Å². The zero-order chi connectivity index (χ0) is 8.10. The topological polar surface area (TPSA) is 25.2 Å². The fourth-order valence-corrected chi connectivity index (χ4v) is 0.909. The molecule has 0 spiro atoms. The van der Waals surface area contributed by atoms with Gasteiger partial charge in [-0.05, 0) is 19.1 Å². The van der Waals surface area contributed by atoms with E-state index in [1.54, 1.807) is 6.26 Å². The van der Waals surface area contributed by atoms with Gasteiger partial charge >= 0.3 is 0 Å². The van der Waals surface area contributed by atoms with E-state index in [4.69, 9.17) is 4.42 Å². The van der Waals surface area contributed by atoms with Gasteiger partial charge in [-0.2, -0.15) is 0 Å². The molecule has 62 valence electrons. The second kappa shape index (κ2) is 4.13. The fraction of sp³-hybridized carbons (Fsp3) is 0.500. The van der Waals surface area contributed by atoms with Crippen molar-refractivity contribution < 1.29 is 8.81 Å². The highest BCUT2D eigenvalue weighted by Gasteiger charge is 2.05. The van der Waals surface area contributed by atoms with Gasteiger partial charge in [-0.3, -0.25) is 0 Å². The Morgan fingerprint density at radius 3 is 3.09 bits per heavy atom. The van der Waals surface area contributed by atoms with Crippen LogP contribution in [0, 0.1) is 0 Å². The molecule has 1 atom stereocenters. The van der Waals surface area contributed by atoms with E-state index in [9.17, 15) is 4.39 Å². The normalized spacial score (nSPS) is 13.3. The average Bonchev–Trinajstić information content (AvgIpc) is 2.52. The van der Waals surface area contributed by atoms with Crippen LogP contribution in [0.15, 0.2) is 22.8 Å². The van der Waals surface area contributed by atoms with Gasteiger partial charge in [0.15, 0.2) is 0 Å². The predicted molar refractivity (Wildman–Crippen MR) is 41.1 cm³/mol. The number of halogens is 1. The van der Waals surface area contributed by atoms with E-state index in [0.717, 1.165) is 5.76 Å². The Morgan fingerprint density at radius 2 is 2.55 bits per heavy atom. The van der Waals surface area contributed by atoms with Crippen LogP contribution in [0.3, 0.4) is 0 Å². The van der Waals surface area contributed by atoms with Crippen molar-refractivity contribution in [2.45, 2.75) is 13.0 Å². The van der Waals surface area contributed by atoms with Crippen LogP contribution in [0.25, 0.3) is 0 Å². The highest BCUT2D eigenvalue weighted by atomic mass is 19.1. The van der Waals surface area contributed by atoms with E-state index < -0.39 is 0 Å². The van der Waals surface area contributed by atoms with E-state index in [1.807, 2.05) is 19.1 Å². The van der Waals surface area contributed by atoms with Crippen LogP contribution >= 0.6 is 0 Å². The van der Waals surface area contributed by atoms with Gasteiger partial charge in [0, 0.05) is 6.54 Å². The standard InChI is InChI=1S/C8H12FNO/c1-7(10-5-4-9)8-3-2-6-11-8/h2-3,6-7,10H,4-5H2,1H3/t7-/m1/s1. The Labute approximate surface area is 65.4 Å². The van der Waals surface area contributed by atoms with Gasteiger partial charge in [0.05, 0.1) is 12.3 Å². The lowest BCUT2D eigenvalue weighted by Gasteiger charge is -2.08. The number of nitrogens with one attached hydrogen (secondary N) is 1. The van der Waals surface area contributed by atoms with E-state index in [-0.39, 0.29) is 12.7 Å². The minimum Gasteiger partial charge on any atom is -0.468 e. The van der Waals surface area contributed by atoms with E-state index in [0.29, 0.717) is 6.54 Å². The Hall–Kier alpha value is -0.830. The maximum Gasteiger partial charge on any atom is 0.120 e. The van der Waals surface area contributed by atoms with Crippen LogP contribution in [-0.2, 0) is 0 Å². The van der Waals surface area contributed by atoms with Crippen LogP contribution in [0.1, 0.15) is 18.7 Å². The lowest BCUT2D eigenvalue weighted by Crippen LogP contribution is -2.20. The summed E-state index contributed by atoms with van der Waals surface area (Å²) in [5, 5.41) is 2.97. The van der Waals surface area contributed by atoms with E-state index in [2.05, 4.69) is 5.32 Å². The van der Waals surface area contributed by atoms with Gasteiger partial charge < -0.3 is 9.73 Å². The van der Waals surface area contributed by atoms with Crippen LogP contribution < -0.4 is 5.32 Å². The molecule has 3 heteroatoms. The van der Waals surface area contributed by atoms with Crippen molar-refractivity contribution in [3.8, 4) is 0 Å². The molecule has 1 rings (SSSR count). The Morgan fingerprint density at radius 1 is 1.73 bits per heavy atom. The monoisotopic (exact) mass is 157 g/mol. The van der Waals surface area contributed by atoms with Gasteiger partial charge in [-0.15, -0.1) is 0 Å². The highest BCUT2D eigenvalue weighted by molar-refractivity contribution is 5.02. The number of alkyl halides is 1. The molecule has 0 bridgehead atoms. The number of hydrogen-bond acceptors (Lipinski definition) is 2. The lowest BCUT2D eigenvalue weighted by atomic mass is 10.2. The Kier molecular flexibility index (Phi) is 3.11. The summed E-state index contributed by atoms with van der Waals surface area (Å²) in [6, 6.07) is 3.79. The summed E-state index contributed by atoms with van der Waals surface area (Å²) >= 11 is 0. The summed E-state index contributed by atoms with van der Waals surface area (Å²) in [5.41, 5.74) is 0. The number of rotatable bonds is 4. The third kappa shape index (κ3) is 2.35. The smallest absolute Gasteiger partial charge is 0.120 e. The molecule has 0 saturated heterocycles. The third-order valence-electron chi connectivity index (χ3n) is 1.51. The molecule has 0 aliphatic heterocycles. The molecule has 1 aromatic rings. The molecule has 0 aliphatic rings. The first kappa shape index (κ1) is 8.27. The predicted octanol–water partition coefficient (Wildman–Crippen LogP) is 1.90. The van der Waals surface area contributed by atoms with Gasteiger partial charge in [0.1, 0.15) is 12.4 Å². The molecule has 0 radical (unpaired) electrons. The minimum absolute atomic E-state index is 0.0979. The molecule has 1 N–H and O–H groups in total. The Bertz CT molecular complexity index is 186. The second-order valence-corrected chi connectivity index (χ2v) is 2.38. The zero-order valence-electron chi connectivity index (χ0n) is 6.51. The molecule has 0 fully saturated rings. The molecule has 1 aromatic heterocycles. The molecule has 0 saturated carbocycles. The maximum absolute atomic E-state index is 11.7. The quantitative estimate of drug-likeness (QED) is 0.722. The van der Waals surface area contributed by atoms with Gasteiger partial charge in [0.25, 0.3) is 0 Å². The summed E-state index contributed by atoms with van der Waals surface area (Å²) in [4.78, 5) is 0. The minimum atomic E-state index is -0.342. The van der Waals surface area contributed by atoms with E-state index >= 15 is 0 Å². The molecule has 0 aromatic carbocycles. The Balaban J connectivity index is 2.36. The molecule has 2 nitrogen and oxygen atoms in total. The molecular formula is C8H12FNO. The lowest BCUT2D eigenvalue weighted by molar-refractivity contribution is 0.400. The van der Waals surface area contributed by atoms with Crippen molar-refractivity contribution in [3.63, 3.8) is 0 Å². The molecule has 1 heterocycles. The maximum atomic E-state index is 11.7.